The zero-order valence-electron chi connectivity index (χ0n) is 8.25. The number of rotatable bonds is 3. The fourth-order valence-corrected chi connectivity index (χ4v) is 2.72. The molecule has 0 unspecified atom stereocenters. The van der Waals surface area contributed by atoms with Gasteiger partial charge in [0.25, 0.3) is 11.1 Å². The van der Waals surface area contributed by atoms with Crippen LogP contribution < -0.4 is 5.73 Å². The number of nitrogens with two attached hydrogens (primary N) is 1. The molecule has 0 atom stereocenters. The summed E-state index contributed by atoms with van der Waals surface area (Å²) in [6.07, 6.45) is 3.28. The molecular formula is C9H9N3O2S2. The van der Waals surface area contributed by atoms with E-state index in [1.807, 2.05) is 5.38 Å². The van der Waals surface area contributed by atoms with Crippen LogP contribution in [0.4, 0.5) is 4.79 Å². The summed E-state index contributed by atoms with van der Waals surface area (Å²) in [5.74, 6) is -0.282. The molecule has 1 aromatic heterocycles. The molecule has 1 aromatic rings. The predicted molar refractivity (Wildman–Crippen MR) is 63.8 cm³/mol. The van der Waals surface area contributed by atoms with Crippen molar-refractivity contribution in [1.29, 1.82) is 0 Å². The van der Waals surface area contributed by atoms with Crippen molar-refractivity contribution in [3.63, 3.8) is 0 Å². The van der Waals surface area contributed by atoms with E-state index in [1.165, 1.54) is 11.3 Å². The Bertz CT molecular complexity index is 442. The highest BCUT2D eigenvalue weighted by molar-refractivity contribution is 8.18. The average molecular weight is 255 g/mol. The van der Waals surface area contributed by atoms with Crippen LogP contribution in [0.1, 0.15) is 5.01 Å². The summed E-state index contributed by atoms with van der Waals surface area (Å²) < 4.78 is 0. The van der Waals surface area contributed by atoms with Gasteiger partial charge in [0.15, 0.2) is 0 Å². The summed E-state index contributed by atoms with van der Waals surface area (Å²) in [6.45, 7) is 0.544. The van der Waals surface area contributed by atoms with Crippen LogP contribution in [0, 0.1) is 0 Å². The Labute approximate surface area is 100 Å². The summed E-state index contributed by atoms with van der Waals surface area (Å²) in [5, 5.41) is 2.27. The van der Waals surface area contributed by atoms with E-state index < -0.39 is 0 Å². The van der Waals surface area contributed by atoms with Gasteiger partial charge in [-0.15, -0.1) is 11.3 Å². The normalized spacial score (nSPS) is 18.8. The molecule has 2 N–H and O–H groups in total. The van der Waals surface area contributed by atoms with E-state index in [9.17, 15) is 9.59 Å². The number of thiazole rings is 1. The van der Waals surface area contributed by atoms with Gasteiger partial charge in [0, 0.05) is 24.7 Å². The number of imide groups is 1. The Kier molecular flexibility index (Phi) is 3.37. The van der Waals surface area contributed by atoms with Crippen molar-refractivity contribution in [3.05, 3.63) is 21.5 Å². The molecule has 2 heterocycles. The molecule has 7 heteroatoms. The van der Waals surface area contributed by atoms with Crippen LogP contribution >= 0.6 is 23.1 Å². The monoisotopic (exact) mass is 255 g/mol. The van der Waals surface area contributed by atoms with Crippen LogP contribution in [0.2, 0.25) is 0 Å². The second-order valence-electron chi connectivity index (χ2n) is 2.99. The van der Waals surface area contributed by atoms with E-state index in [1.54, 1.807) is 12.3 Å². The Balaban J connectivity index is 2.20. The molecule has 2 rings (SSSR count). The highest BCUT2D eigenvalue weighted by Gasteiger charge is 2.34. The first kappa shape index (κ1) is 11.3. The molecule has 5 nitrogen and oxygen atoms in total. The Morgan fingerprint density at radius 3 is 2.94 bits per heavy atom. The van der Waals surface area contributed by atoms with Crippen molar-refractivity contribution in [3.8, 4) is 0 Å². The number of carbonyl (C=O) groups is 2. The Hall–Kier alpha value is -1.18. The van der Waals surface area contributed by atoms with Crippen molar-refractivity contribution in [2.45, 2.75) is 0 Å². The van der Waals surface area contributed by atoms with Crippen molar-refractivity contribution in [1.82, 2.24) is 9.88 Å². The number of thioether (sulfide) groups is 1. The minimum Gasteiger partial charge on any atom is -0.329 e. The lowest BCUT2D eigenvalue weighted by atomic mass is 10.4. The molecule has 1 aliphatic heterocycles. The second kappa shape index (κ2) is 4.77. The van der Waals surface area contributed by atoms with Crippen LogP contribution in [0.25, 0.3) is 6.08 Å². The van der Waals surface area contributed by atoms with Crippen molar-refractivity contribution >= 4 is 40.3 Å². The van der Waals surface area contributed by atoms with Gasteiger partial charge in [0.05, 0.1) is 4.91 Å². The van der Waals surface area contributed by atoms with Crippen LogP contribution in [0.15, 0.2) is 16.5 Å². The van der Waals surface area contributed by atoms with E-state index in [0.29, 0.717) is 4.91 Å². The van der Waals surface area contributed by atoms with Gasteiger partial charge < -0.3 is 5.73 Å². The number of hydrogen-bond acceptors (Lipinski definition) is 6. The third-order valence-electron chi connectivity index (χ3n) is 1.93. The number of aromatic nitrogens is 1. The molecule has 16 heavy (non-hydrogen) atoms. The van der Waals surface area contributed by atoms with Crippen molar-refractivity contribution < 1.29 is 9.59 Å². The fourth-order valence-electron chi connectivity index (χ4n) is 1.24. The number of hydrogen-bond donors (Lipinski definition) is 1. The molecule has 0 bridgehead atoms. The lowest BCUT2D eigenvalue weighted by Crippen LogP contribution is -2.33. The van der Waals surface area contributed by atoms with Gasteiger partial charge in [-0.05, 0) is 17.8 Å². The average Bonchev–Trinajstić information content (AvgIpc) is 2.84. The minimum atomic E-state index is -0.282. The smallest absolute Gasteiger partial charge is 0.293 e. The van der Waals surface area contributed by atoms with Gasteiger partial charge in [-0.2, -0.15) is 0 Å². The Morgan fingerprint density at radius 2 is 2.31 bits per heavy atom. The van der Waals surface area contributed by atoms with Crippen LogP contribution in [-0.2, 0) is 4.79 Å². The third kappa shape index (κ3) is 2.16. The van der Waals surface area contributed by atoms with Gasteiger partial charge in [-0.3, -0.25) is 14.5 Å². The minimum absolute atomic E-state index is 0.264. The number of carbonyl (C=O) groups excluding carboxylic acids is 2. The predicted octanol–water partition coefficient (Wildman–Crippen LogP) is 1.14. The first-order valence-electron chi connectivity index (χ1n) is 4.57. The van der Waals surface area contributed by atoms with E-state index in [2.05, 4.69) is 4.98 Å². The molecule has 1 saturated heterocycles. The molecule has 2 amide bonds. The molecule has 0 aromatic carbocycles. The zero-order valence-corrected chi connectivity index (χ0v) is 9.88. The summed E-state index contributed by atoms with van der Waals surface area (Å²) in [4.78, 5) is 28.8. The summed E-state index contributed by atoms with van der Waals surface area (Å²) in [7, 11) is 0. The van der Waals surface area contributed by atoms with Gasteiger partial charge in [-0.1, -0.05) is 0 Å². The lowest BCUT2D eigenvalue weighted by Gasteiger charge is -2.09. The quantitative estimate of drug-likeness (QED) is 0.820. The third-order valence-corrected chi connectivity index (χ3v) is 3.56. The zero-order chi connectivity index (χ0) is 11.5. The maximum atomic E-state index is 11.8. The largest absolute Gasteiger partial charge is 0.329 e. The van der Waals surface area contributed by atoms with E-state index >= 15 is 0 Å². The van der Waals surface area contributed by atoms with Crippen LogP contribution in [0.5, 0.6) is 0 Å². The van der Waals surface area contributed by atoms with Gasteiger partial charge >= 0.3 is 0 Å². The first-order valence-corrected chi connectivity index (χ1v) is 6.27. The maximum Gasteiger partial charge on any atom is 0.293 e. The second-order valence-corrected chi connectivity index (χ2v) is 4.91. The van der Waals surface area contributed by atoms with Gasteiger partial charge in [-0.25, -0.2) is 4.98 Å². The molecule has 0 aliphatic carbocycles. The summed E-state index contributed by atoms with van der Waals surface area (Å²) >= 11 is 2.35. The Morgan fingerprint density at radius 1 is 1.50 bits per heavy atom. The molecule has 0 spiro atoms. The van der Waals surface area contributed by atoms with Crippen molar-refractivity contribution in [2.75, 3.05) is 13.1 Å². The fraction of sp³-hybridized carbons (Fsp3) is 0.222. The van der Waals surface area contributed by atoms with Gasteiger partial charge in [0.2, 0.25) is 0 Å². The topological polar surface area (TPSA) is 76.3 Å². The summed E-state index contributed by atoms with van der Waals surface area (Å²) in [6, 6.07) is 0. The van der Waals surface area contributed by atoms with Crippen LogP contribution in [-0.4, -0.2) is 34.1 Å². The lowest BCUT2D eigenvalue weighted by molar-refractivity contribution is -0.122. The molecule has 0 radical (unpaired) electrons. The molecule has 84 valence electrons. The molecular weight excluding hydrogens is 246 g/mol. The van der Waals surface area contributed by atoms with Crippen molar-refractivity contribution in [2.24, 2.45) is 5.73 Å². The van der Waals surface area contributed by atoms with Crippen LogP contribution in [0.3, 0.4) is 0 Å². The number of nitrogens with zero attached hydrogens (tertiary/aromatic N) is 2. The standard InChI is InChI=1S/C9H9N3O2S2/c10-1-3-12-8(13)6(16-9(12)14)5-7-11-2-4-15-7/h2,4-5H,1,3,10H2/b6-5+. The van der Waals surface area contributed by atoms with E-state index in [0.717, 1.165) is 21.7 Å². The molecule has 1 fully saturated rings. The highest BCUT2D eigenvalue weighted by atomic mass is 32.2. The summed E-state index contributed by atoms with van der Waals surface area (Å²) in [5.41, 5.74) is 5.33. The van der Waals surface area contributed by atoms with Gasteiger partial charge in [0.1, 0.15) is 5.01 Å². The molecule has 0 saturated carbocycles. The number of amides is 2. The van der Waals surface area contributed by atoms with E-state index in [-0.39, 0.29) is 24.2 Å². The highest BCUT2D eigenvalue weighted by Crippen LogP contribution is 2.31. The maximum absolute atomic E-state index is 11.8. The van der Waals surface area contributed by atoms with E-state index in [4.69, 9.17) is 5.73 Å². The first-order chi connectivity index (χ1) is 7.72. The SMILES string of the molecule is NCCN1C(=O)S/C(=C/c2nccs2)C1=O. The molecule has 1 aliphatic rings.